The number of hydrogen-bond acceptors (Lipinski definition) is 3. The van der Waals surface area contributed by atoms with Crippen LogP contribution in [-0.4, -0.2) is 9.97 Å². The second-order valence-electron chi connectivity index (χ2n) is 3.43. The molecule has 1 aromatic carbocycles. The van der Waals surface area contributed by atoms with Crippen LogP contribution in [0, 0.1) is 9.39 Å². The van der Waals surface area contributed by atoms with E-state index >= 15 is 0 Å². The van der Waals surface area contributed by atoms with Crippen molar-refractivity contribution in [3.05, 3.63) is 50.2 Å². The number of aromatic nitrogens is 2. The highest BCUT2D eigenvalue weighted by Crippen LogP contribution is 2.20. The van der Waals surface area contributed by atoms with Gasteiger partial charge in [-0.25, -0.2) is 14.4 Å². The molecule has 0 aliphatic rings. The number of hydrogen-bond donors (Lipinski definition) is 1. The Morgan fingerprint density at radius 3 is 2.82 bits per heavy atom. The van der Waals surface area contributed by atoms with E-state index in [9.17, 15) is 4.39 Å². The van der Waals surface area contributed by atoms with Crippen molar-refractivity contribution in [2.75, 3.05) is 5.73 Å². The number of nitrogens with two attached hydrogens (primary N) is 1. The summed E-state index contributed by atoms with van der Waals surface area (Å²) in [6.07, 6.45) is 2.08. The predicted molar refractivity (Wildman–Crippen MR) is 73.4 cm³/mol. The number of rotatable bonds is 2. The summed E-state index contributed by atoms with van der Waals surface area (Å²) in [5.74, 6) is 0.645. The van der Waals surface area contributed by atoms with Gasteiger partial charge in [-0.1, -0.05) is 17.7 Å². The van der Waals surface area contributed by atoms with E-state index in [4.69, 9.17) is 17.3 Å². The van der Waals surface area contributed by atoms with E-state index in [-0.39, 0.29) is 5.82 Å². The Bertz CT molecular complexity index is 562. The summed E-state index contributed by atoms with van der Waals surface area (Å²) in [5, 5.41) is 0.366. The molecule has 2 N–H and O–H groups in total. The predicted octanol–water partition coefficient (Wildman–Crippen LogP) is 3.05. The molecule has 0 spiro atoms. The molecule has 2 aromatic rings. The molecular formula is C11H8ClFIN3. The van der Waals surface area contributed by atoms with Gasteiger partial charge in [0.15, 0.2) is 0 Å². The van der Waals surface area contributed by atoms with Crippen molar-refractivity contribution in [2.24, 2.45) is 0 Å². The fraction of sp³-hybridized carbons (Fsp3) is 0.0909. The van der Waals surface area contributed by atoms with Crippen LogP contribution in [0.3, 0.4) is 0 Å². The summed E-state index contributed by atoms with van der Waals surface area (Å²) >= 11 is 7.98. The van der Waals surface area contributed by atoms with Crippen LogP contribution in [0.15, 0.2) is 24.4 Å². The molecule has 0 unspecified atom stereocenters. The summed E-state index contributed by atoms with van der Waals surface area (Å²) in [5.41, 5.74) is 6.46. The first kappa shape index (κ1) is 12.5. The molecule has 0 aliphatic heterocycles. The maximum absolute atomic E-state index is 12.9. The lowest BCUT2D eigenvalue weighted by Gasteiger charge is -2.04. The Balaban J connectivity index is 2.28. The van der Waals surface area contributed by atoms with Crippen molar-refractivity contribution in [1.82, 2.24) is 9.97 Å². The van der Waals surface area contributed by atoms with Gasteiger partial charge in [0.1, 0.15) is 17.5 Å². The zero-order valence-electron chi connectivity index (χ0n) is 8.62. The van der Waals surface area contributed by atoms with Crippen LogP contribution >= 0.6 is 34.2 Å². The molecule has 0 amide bonds. The molecule has 0 bridgehead atoms. The molecule has 17 heavy (non-hydrogen) atoms. The molecule has 88 valence electrons. The van der Waals surface area contributed by atoms with E-state index < -0.39 is 0 Å². The van der Waals surface area contributed by atoms with Gasteiger partial charge in [-0.15, -0.1) is 0 Å². The first-order valence-electron chi connectivity index (χ1n) is 4.77. The second-order valence-corrected chi connectivity index (χ2v) is 5.00. The van der Waals surface area contributed by atoms with E-state index in [1.807, 2.05) is 0 Å². The van der Waals surface area contributed by atoms with Crippen LogP contribution in [0.25, 0.3) is 0 Å². The topological polar surface area (TPSA) is 51.8 Å². The molecule has 1 aromatic heterocycles. The quantitative estimate of drug-likeness (QED) is 0.835. The molecule has 6 heteroatoms. The molecule has 0 radical (unpaired) electrons. The van der Waals surface area contributed by atoms with E-state index in [0.29, 0.717) is 23.1 Å². The highest BCUT2D eigenvalue weighted by molar-refractivity contribution is 14.1. The number of halogens is 3. The molecule has 0 saturated heterocycles. The fourth-order valence-electron chi connectivity index (χ4n) is 1.34. The average molecular weight is 364 g/mol. The summed E-state index contributed by atoms with van der Waals surface area (Å²) < 4.78 is 13.7. The summed E-state index contributed by atoms with van der Waals surface area (Å²) in [6.45, 7) is 0. The van der Waals surface area contributed by atoms with Gasteiger partial charge in [-0.05, 0) is 40.3 Å². The normalized spacial score (nSPS) is 10.5. The van der Waals surface area contributed by atoms with Crippen LogP contribution < -0.4 is 5.73 Å². The minimum absolute atomic E-state index is 0.359. The lowest BCUT2D eigenvalue weighted by Crippen LogP contribution is -2.02. The van der Waals surface area contributed by atoms with Crippen molar-refractivity contribution < 1.29 is 4.39 Å². The van der Waals surface area contributed by atoms with Crippen LogP contribution in [0.1, 0.15) is 11.4 Å². The maximum atomic E-state index is 12.9. The Labute approximate surface area is 116 Å². The van der Waals surface area contributed by atoms with E-state index in [1.165, 1.54) is 12.1 Å². The van der Waals surface area contributed by atoms with Crippen molar-refractivity contribution in [3.8, 4) is 0 Å². The standard InChI is InChI=1S/C11H8ClFIN3/c12-8-4-7(13)2-1-6(8)3-10-16-5-9(14)11(15)17-10/h1-2,4-5H,3H2,(H2,15,16,17). The summed E-state index contributed by atoms with van der Waals surface area (Å²) in [7, 11) is 0. The van der Waals surface area contributed by atoms with Crippen molar-refractivity contribution in [3.63, 3.8) is 0 Å². The van der Waals surface area contributed by atoms with Crippen molar-refractivity contribution >= 4 is 40.0 Å². The SMILES string of the molecule is Nc1nc(Cc2ccc(F)cc2Cl)ncc1I. The van der Waals surface area contributed by atoms with E-state index in [1.54, 1.807) is 12.3 Å². The van der Waals surface area contributed by atoms with Crippen LogP contribution in [0.5, 0.6) is 0 Å². The van der Waals surface area contributed by atoms with Crippen molar-refractivity contribution in [1.29, 1.82) is 0 Å². The lowest BCUT2D eigenvalue weighted by atomic mass is 10.1. The number of nitrogens with zero attached hydrogens (tertiary/aromatic N) is 2. The molecule has 0 saturated carbocycles. The molecule has 0 atom stereocenters. The van der Waals surface area contributed by atoms with Crippen LogP contribution in [0.2, 0.25) is 5.02 Å². The minimum Gasteiger partial charge on any atom is -0.383 e. The van der Waals surface area contributed by atoms with Gasteiger partial charge in [0, 0.05) is 17.6 Å². The van der Waals surface area contributed by atoms with E-state index in [2.05, 4.69) is 32.6 Å². The second kappa shape index (κ2) is 5.14. The average Bonchev–Trinajstić information content (AvgIpc) is 2.27. The number of anilines is 1. The van der Waals surface area contributed by atoms with Gasteiger partial charge in [0.2, 0.25) is 0 Å². The van der Waals surface area contributed by atoms with Crippen LogP contribution in [-0.2, 0) is 6.42 Å². The largest absolute Gasteiger partial charge is 0.383 e. The third-order valence-electron chi connectivity index (χ3n) is 2.18. The molecule has 2 rings (SSSR count). The Hall–Kier alpha value is -0.950. The smallest absolute Gasteiger partial charge is 0.140 e. The first-order valence-corrected chi connectivity index (χ1v) is 6.23. The lowest BCUT2D eigenvalue weighted by molar-refractivity contribution is 0.627. The van der Waals surface area contributed by atoms with Gasteiger partial charge < -0.3 is 5.73 Å². The van der Waals surface area contributed by atoms with Gasteiger partial charge in [-0.3, -0.25) is 0 Å². The zero-order chi connectivity index (χ0) is 12.4. The van der Waals surface area contributed by atoms with Crippen molar-refractivity contribution in [2.45, 2.75) is 6.42 Å². The molecule has 0 fully saturated rings. The summed E-state index contributed by atoms with van der Waals surface area (Å²) in [6, 6.07) is 4.25. The van der Waals surface area contributed by atoms with E-state index in [0.717, 1.165) is 9.13 Å². The van der Waals surface area contributed by atoms with Gasteiger partial charge in [-0.2, -0.15) is 0 Å². The maximum Gasteiger partial charge on any atom is 0.140 e. The third-order valence-corrected chi connectivity index (χ3v) is 3.37. The fourth-order valence-corrected chi connectivity index (χ4v) is 1.83. The Morgan fingerprint density at radius 1 is 1.41 bits per heavy atom. The molecule has 1 heterocycles. The molecule has 0 aliphatic carbocycles. The highest BCUT2D eigenvalue weighted by atomic mass is 127. The Morgan fingerprint density at radius 2 is 2.18 bits per heavy atom. The zero-order valence-corrected chi connectivity index (χ0v) is 11.5. The van der Waals surface area contributed by atoms with Gasteiger partial charge >= 0.3 is 0 Å². The number of benzene rings is 1. The molecular weight excluding hydrogens is 355 g/mol. The first-order chi connectivity index (χ1) is 8.06. The summed E-state index contributed by atoms with van der Waals surface area (Å²) in [4.78, 5) is 8.29. The monoisotopic (exact) mass is 363 g/mol. The molecule has 3 nitrogen and oxygen atoms in total. The number of nitrogen functional groups attached to an aromatic ring is 1. The minimum atomic E-state index is -0.359. The van der Waals surface area contributed by atoms with Crippen LogP contribution in [0.4, 0.5) is 10.2 Å². The van der Waals surface area contributed by atoms with Gasteiger partial charge in [0.05, 0.1) is 3.57 Å². The third kappa shape index (κ3) is 3.04. The highest BCUT2D eigenvalue weighted by Gasteiger charge is 2.07. The van der Waals surface area contributed by atoms with Gasteiger partial charge in [0.25, 0.3) is 0 Å². The Kier molecular flexibility index (Phi) is 3.78.